The van der Waals surface area contributed by atoms with Gasteiger partial charge in [0.05, 0.1) is 0 Å². The molecule has 0 saturated heterocycles. The maximum atomic E-state index is 3.31. The molecule has 0 aliphatic carbocycles. The van der Waals surface area contributed by atoms with Gasteiger partial charge in [0.25, 0.3) is 0 Å². The van der Waals surface area contributed by atoms with Crippen LogP contribution in [0.5, 0.6) is 0 Å². The second kappa shape index (κ2) is 9.51. The summed E-state index contributed by atoms with van der Waals surface area (Å²) in [6.45, 7) is 6.93. The molecule has 0 aliphatic rings. The summed E-state index contributed by atoms with van der Waals surface area (Å²) in [5.74, 6) is 0.888. The Labute approximate surface area is 90.7 Å². The molecule has 2 atom stereocenters. The van der Waals surface area contributed by atoms with Crippen molar-refractivity contribution in [1.82, 2.24) is 5.32 Å². The molecule has 14 heavy (non-hydrogen) atoms. The van der Waals surface area contributed by atoms with Gasteiger partial charge in [0.2, 0.25) is 0 Å². The molecule has 0 aromatic heterocycles. The van der Waals surface area contributed by atoms with E-state index in [-0.39, 0.29) is 0 Å². The van der Waals surface area contributed by atoms with Crippen LogP contribution in [0.2, 0.25) is 0 Å². The van der Waals surface area contributed by atoms with Gasteiger partial charge in [0.15, 0.2) is 0 Å². The minimum Gasteiger partial charge on any atom is -0.317 e. The lowest BCUT2D eigenvalue weighted by Gasteiger charge is -2.16. The van der Waals surface area contributed by atoms with Crippen LogP contribution in [0.4, 0.5) is 0 Å². The van der Waals surface area contributed by atoms with Crippen LogP contribution < -0.4 is 5.32 Å². The molecule has 2 unspecified atom stereocenters. The quantitative estimate of drug-likeness (QED) is 0.554. The fourth-order valence-electron chi connectivity index (χ4n) is 1.94. The van der Waals surface area contributed by atoms with Crippen LogP contribution in [-0.4, -0.2) is 13.1 Å². The fraction of sp³-hybridized carbons (Fsp3) is 1.00. The molecular weight excluding hydrogens is 170 g/mol. The third kappa shape index (κ3) is 8.55. The highest BCUT2D eigenvalue weighted by Gasteiger charge is 2.06. The Bertz CT molecular complexity index is 112. The summed E-state index contributed by atoms with van der Waals surface area (Å²) in [5, 5.41) is 3.31. The van der Waals surface area contributed by atoms with Crippen LogP contribution >= 0.6 is 0 Å². The molecule has 0 aliphatic heterocycles. The van der Waals surface area contributed by atoms with E-state index < -0.39 is 0 Å². The lowest BCUT2D eigenvalue weighted by Crippen LogP contribution is -2.23. The Balaban J connectivity index is 3.22. The molecule has 0 saturated carbocycles. The van der Waals surface area contributed by atoms with Crippen molar-refractivity contribution in [1.29, 1.82) is 0 Å². The maximum absolute atomic E-state index is 3.31. The second-order valence-electron chi connectivity index (χ2n) is 4.73. The minimum absolute atomic E-state index is 0.681. The molecule has 0 rings (SSSR count). The van der Waals surface area contributed by atoms with Crippen LogP contribution in [-0.2, 0) is 0 Å². The highest BCUT2D eigenvalue weighted by molar-refractivity contribution is 4.63. The normalized spacial score (nSPS) is 15.4. The van der Waals surface area contributed by atoms with E-state index in [1.54, 1.807) is 0 Å². The van der Waals surface area contributed by atoms with Gasteiger partial charge in [0.1, 0.15) is 0 Å². The van der Waals surface area contributed by atoms with Crippen LogP contribution in [0.25, 0.3) is 0 Å². The van der Waals surface area contributed by atoms with Crippen molar-refractivity contribution in [2.45, 2.75) is 71.8 Å². The number of hydrogen-bond donors (Lipinski definition) is 1. The lowest BCUT2D eigenvalue weighted by molar-refractivity contribution is 0.402. The van der Waals surface area contributed by atoms with Crippen molar-refractivity contribution >= 4 is 0 Å². The molecular formula is C13H29N. The van der Waals surface area contributed by atoms with Crippen molar-refractivity contribution < 1.29 is 0 Å². The van der Waals surface area contributed by atoms with Gasteiger partial charge in [-0.3, -0.25) is 0 Å². The van der Waals surface area contributed by atoms with Crippen molar-refractivity contribution in [3.63, 3.8) is 0 Å². The molecule has 0 aromatic carbocycles. The zero-order chi connectivity index (χ0) is 10.8. The van der Waals surface area contributed by atoms with E-state index in [1.165, 1.54) is 44.9 Å². The van der Waals surface area contributed by atoms with E-state index in [2.05, 4.69) is 33.1 Å². The summed E-state index contributed by atoms with van der Waals surface area (Å²) in [4.78, 5) is 0. The van der Waals surface area contributed by atoms with Gasteiger partial charge in [-0.2, -0.15) is 0 Å². The van der Waals surface area contributed by atoms with Crippen molar-refractivity contribution in [3.8, 4) is 0 Å². The van der Waals surface area contributed by atoms with Gasteiger partial charge in [-0.1, -0.05) is 52.4 Å². The van der Waals surface area contributed by atoms with Gasteiger partial charge in [-0.15, -0.1) is 0 Å². The molecule has 1 heteroatoms. The minimum atomic E-state index is 0.681. The van der Waals surface area contributed by atoms with E-state index >= 15 is 0 Å². The molecule has 0 amide bonds. The van der Waals surface area contributed by atoms with E-state index in [1.807, 2.05) is 0 Å². The van der Waals surface area contributed by atoms with Crippen molar-refractivity contribution in [2.24, 2.45) is 5.92 Å². The van der Waals surface area contributed by atoms with Crippen LogP contribution in [0.1, 0.15) is 65.7 Å². The number of rotatable bonds is 9. The summed E-state index contributed by atoms with van der Waals surface area (Å²) in [5.41, 5.74) is 0. The highest BCUT2D eigenvalue weighted by atomic mass is 14.8. The third-order valence-electron chi connectivity index (χ3n) is 3.05. The Morgan fingerprint density at radius 3 is 2.21 bits per heavy atom. The molecule has 0 spiro atoms. The average molecular weight is 199 g/mol. The summed E-state index contributed by atoms with van der Waals surface area (Å²) in [6.07, 6.45) is 9.81. The summed E-state index contributed by atoms with van der Waals surface area (Å²) in [6, 6.07) is 0.681. The van der Waals surface area contributed by atoms with E-state index in [4.69, 9.17) is 0 Å². The van der Waals surface area contributed by atoms with E-state index in [9.17, 15) is 0 Å². The molecule has 1 N–H and O–H groups in total. The predicted molar refractivity (Wildman–Crippen MR) is 65.7 cm³/mol. The second-order valence-corrected chi connectivity index (χ2v) is 4.73. The van der Waals surface area contributed by atoms with E-state index in [0.29, 0.717) is 6.04 Å². The average Bonchev–Trinajstić information content (AvgIpc) is 2.17. The Kier molecular flexibility index (Phi) is 9.49. The first-order chi connectivity index (χ1) is 6.70. The van der Waals surface area contributed by atoms with Crippen LogP contribution in [0, 0.1) is 5.92 Å². The van der Waals surface area contributed by atoms with Crippen LogP contribution in [0.15, 0.2) is 0 Å². The topological polar surface area (TPSA) is 12.0 Å². The van der Waals surface area contributed by atoms with E-state index in [0.717, 1.165) is 5.92 Å². The third-order valence-corrected chi connectivity index (χ3v) is 3.05. The number of hydrogen-bond acceptors (Lipinski definition) is 1. The summed E-state index contributed by atoms with van der Waals surface area (Å²) in [7, 11) is 2.05. The van der Waals surface area contributed by atoms with Gasteiger partial charge < -0.3 is 5.32 Å². The molecule has 86 valence electrons. The summed E-state index contributed by atoms with van der Waals surface area (Å²) >= 11 is 0. The molecule has 0 heterocycles. The monoisotopic (exact) mass is 199 g/mol. The molecule has 0 radical (unpaired) electrons. The number of unbranched alkanes of at least 4 members (excludes halogenated alkanes) is 4. The van der Waals surface area contributed by atoms with Gasteiger partial charge in [-0.25, -0.2) is 0 Å². The van der Waals surface area contributed by atoms with Gasteiger partial charge >= 0.3 is 0 Å². The molecule has 1 nitrogen and oxygen atoms in total. The molecule has 0 aromatic rings. The standard InChI is InChI=1S/C13H29N/c1-5-6-7-8-9-10-12(2)11-13(3)14-4/h12-14H,5-11H2,1-4H3. The smallest absolute Gasteiger partial charge is 0.00382 e. The first-order valence-corrected chi connectivity index (χ1v) is 6.38. The Morgan fingerprint density at radius 1 is 1.00 bits per heavy atom. The predicted octanol–water partition coefficient (Wildman–Crippen LogP) is 3.98. The zero-order valence-corrected chi connectivity index (χ0v) is 10.6. The zero-order valence-electron chi connectivity index (χ0n) is 10.6. The highest BCUT2D eigenvalue weighted by Crippen LogP contribution is 2.15. The summed E-state index contributed by atoms with van der Waals surface area (Å²) < 4.78 is 0. The Hall–Kier alpha value is -0.0400. The van der Waals surface area contributed by atoms with Crippen molar-refractivity contribution in [3.05, 3.63) is 0 Å². The molecule has 0 bridgehead atoms. The first kappa shape index (κ1) is 14.0. The van der Waals surface area contributed by atoms with Crippen LogP contribution in [0.3, 0.4) is 0 Å². The van der Waals surface area contributed by atoms with Crippen molar-refractivity contribution in [2.75, 3.05) is 7.05 Å². The number of nitrogens with one attached hydrogen (secondary N) is 1. The fourth-order valence-corrected chi connectivity index (χ4v) is 1.94. The maximum Gasteiger partial charge on any atom is 0.00382 e. The van der Waals surface area contributed by atoms with Gasteiger partial charge in [-0.05, 0) is 26.3 Å². The lowest BCUT2D eigenvalue weighted by atomic mass is 9.96. The first-order valence-electron chi connectivity index (χ1n) is 6.38. The van der Waals surface area contributed by atoms with Gasteiger partial charge in [0, 0.05) is 6.04 Å². The SMILES string of the molecule is CCCCCCCC(C)CC(C)NC. The Morgan fingerprint density at radius 2 is 1.64 bits per heavy atom. The molecule has 0 fully saturated rings. The largest absolute Gasteiger partial charge is 0.317 e.